The van der Waals surface area contributed by atoms with E-state index in [1.54, 1.807) is 0 Å². The van der Waals surface area contributed by atoms with Gasteiger partial charge in [0.05, 0.1) is 4.92 Å². The van der Waals surface area contributed by atoms with Crippen molar-refractivity contribution in [1.29, 1.82) is 0 Å². The number of carboxylic acid groups (broad SMARTS) is 1. The van der Waals surface area contributed by atoms with Gasteiger partial charge in [-0.2, -0.15) is 13.2 Å². The molecule has 1 amide bonds. The van der Waals surface area contributed by atoms with Crippen molar-refractivity contribution >= 4 is 33.7 Å². The quantitative estimate of drug-likeness (QED) is 0.476. The molecular formula is C15H16BrF3N2O7. The van der Waals surface area contributed by atoms with Crippen LogP contribution in [0.5, 0.6) is 5.75 Å². The fraction of sp³-hybridized carbons (Fsp3) is 0.467. The number of alkyl halides is 3. The number of amides is 1. The van der Waals surface area contributed by atoms with Gasteiger partial charge in [0.2, 0.25) is 5.75 Å². The molecule has 1 atom stereocenters. The molecule has 0 aliphatic rings. The van der Waals surface area contributed by atoms with Crippen molar-refractivity contribution in [3.63, 3.8) is 0 Å². The number of hydrogen-bond acceptors (Lipinski definition) is 6. The Bertz CT molecular complexity index is 778. The topological polar surface area (TPSA) is 128 Å². The number of nitro benzene ring substituents is 1. The van der Waals surface area contributed by atoms with E-state index in [-0.39, 0.29) is 4.47 Å². The van der Waals surface area contributed by atoms with Crippen molar-refractivity contribution in [1.82, 2.24) is 5.32 Å². The number of nitrogens with zero attached hydrogens (tertiary/aromatic N) is 1. The second-order valence-electron chi connectivity index (χ2n) is 6.40. The highest BCUT2D eigenvalue weighted by atomic mass is 79.9. The summed E-state index contributed by atoms with van der Waals surface area (Å²) in [6, 6.07) is -0.486. The molecular weight excluding hydrogens is 457 g/mol. The van der Waals surface area contributed by atoms with E-state index in [1.807, 2.05) is 5.32 Å². The van der Waals surface area contributed by atoms with Gasteiger partial charge in [0.1, 0.15) is 17.8 Å². The lowest BCUT2D eigenvalue weighted by molar-refractivity contribution is -0.386. The molecule has 0 aliphatic heterocycles. The van der Waals surface area contributed by atoms with Gasteiger partial charge in [-0.15, -0.1) is 0 Å². The summed E-state index contributed by atoms with van der Waals surface area (Å²) in [7, 11) is 0. The third-order valence-corrected chi connectivity index (χ3v) is 3.38. The molecule has 1 aromatic rings. The molecule has 28 heavy (non-hydrogen) atoms. The molecule has 2 N–H and O–H groups in total. The van der Waals surface area contributed by atoms with E-state index in [9.17, 15) is 32.9 Å². The molecule has 0 saturated heterocycles. The second kappa shape index (κ2) is 8.63. The Balaban J connectivity index is 3.16. The van der Waals surface area contributed by atoms with Crippen LogP contribution in [0.3, 0.4) is 0 Å². The van der Waals surface area contributed by atoms with Gasteiger partial charge in [0.15, 0.2) is 6.04 Å². The number of nitrogens with one attached hydrogen (secondary N) is 1. The van der Waals surface area contributed by atoms with Crippen molar-refractivity contribution in [2.24, 2.45) is 0 Å². The van der Waals surface area contributed by atoms with Crippen molar-refractivity contribution in [2.45, 2.75) is 38.6 Å². The fourth-order valence-electron chi connectivity index (χ4n) is 1.87. The maximum absolute atomic E-state index is 13.2. The number of carbonyl (C=O) groups is 2. The van der Waals surface area contributed by atoms with Crippen LogP contribution in [0, 0.1) is 10.1 Å². The van der Waals surface area contributed by atoms with Gasteiger partial charge >= 0.3 is 23.9 Å². The lowest BCUT2D eigenvalue weighted by Crippen LogP contribution is -2.46. The highest BCUT2D eigenvalue weighted by Gasteiger charge is 2.39. The van der Waals surface area contributed by atoms with E-state index in [0.29, 0.717) is 6.07 Å². The molecule has 1 rings (SSSR count). The van der Waals surface area contributed by atoms with Crippen LogP contribution in [0.25, 0.3) is 0 Å². The van der Waals surface area contributed by atoms with Crippen LogP contribution in [0.15, 0.2) is 16.6 Å². The van der Waals surface area contributed by atoms with Crippen LogP contribution in [0.2, 0.25) is 0 Å². The predicted molar refractivity (Wildman–Crippen MR) is 92.1 cm³/mol. The number of halogens is 4. The smallest absolute Gasteiger partial charge is 0.420 e. The van der Waals surface area contributed by atoms with Crippen LogP contribution in [-0.2, 0) is 15.7 Å². The summed E-state index contributed by atoms with van der Waals surface area (Å²) >= 11 is 2.74. The van der Waals surface area contributed by atoms with Crippen molar-refractivity contribution < 1.29 is 42.3 Å². The van der Waals surface area contributed by atoms with E-state index in [1.165, 1.54) is 20.8 Å². The number of hydrogen-bond donors (Lipinski definition) is 2. The van der Waals surface area contributed by atoms with Crippen LogP contribution < -0.4 is 10.1 Å². The Kier molecular flexibility index (Phi) is 7.23. The van der Waals surface area contributed by atoms with E-state index in [4.69, 9.17) is 14.6 Å². The molecule has 1 unspecified atom stereocenters. The molecule has 156 valence electrons. The Morgan fingerprint density at radius 1 is 1.32 bits per heavy atom. The van der Waals surface area contributed by atoms with Gasteiger partial charge in [0.25, 0.3) is 0 Å². The zero-order chi connectivity index (χ0) is 21.9. The third kappa shape index (κ3) is 6.87. The lowest BCUT2D eigenvalue weighted by atomic mass is 10.1. The Hall–Kier alpha value is -2.57. The number of carbonyl (C=O) groups excluding carboxylic acids is 1. The Morgan fingerprint density at radius 2 is 1.89 bits per heavy atom. The maximum Gasteiger partial charge on any atom is 0.420 e. The summed E-state index contributed by atoms with van der Waals surface area (Å²) in [5, 5.41) is 22.1. The third-order valence-electron chi connectivity index (χ3n) is 2.92. The van der Waals surface area contributed by atoms with Crippen molar-refractivity contribution in [2.75, 3.05) is 6.61 Å². The van der Waals surface area contributed by atoms with Gasteiger partial charge in [-0.05, 0) is 26.8 Å². The maximum atomic E-state index is 13.2. The standard InChI is InChI=1S/C15H16BrF3N2O7/c1-14(2,3)28-13(24)20-9(12(22)23)6-27-11-8(15(17,18)19)4-7(16)5-10(11)21(25)26/h4-5,9H,6H2,1-3H3,(H,20,24)(H,22,23). The highest BCUT2D eigenvalue weighted by molar-refractivity contribution is 9.10. The van der Waals surface area contributed by atoms with Crippen molar-refractivity contribution in [3.8, 4) is 5.75 Å². The zero-order valence-electron chi connectivity index (χ0n) is 14.8. The first-order chi connectivity index (χ1) is 12.6. The molecule has 0 heterocycles. The molecule has 0 spiro atoms. The summed E-state index contributed by atoms with van der Waals surface area (Å²) in [5.74, 6) is -2.81. The van der Waals surface area contributed by atoms with Crippen molar-refractivity contribution in [3.05, 3.63) is 32.3 Å². The normalized spacial score (nSPS) is 12.8. The first kappa shape index (κ1) is 23.5. The second-order valence-corrected chi connectivity index (χ2v) is 7.32. The minimum atomic E-state index is -5.01. The largest absolute Gasteiger partial charge is 0.484 e. The van der Waals surface area contributed by atoms with E-state index in [0.717, 1.165) is 6.07 Å². The van der Waals surface area contributed by atoms with Gasteiger partial charge in [-0.1, -0.05) is 15.9 Å². The van der Waals surface area contributed by atoms with Gasteiger partial charge in [-0.25, -0.2) is 9.59 Å². The van der Waals surface area contributed by atoms with Crippen LogP contribution in [0.1, 0.15) is 26.3 Å². The van der Waals surface area contributed by atoms with Crippen LogP contribution >= 0.6 is 15.9 Å². The summed E-state index contributed by atoms with van der Waals surface area (Å²) < 4.78 is 49.1. The first-order valence-electron chi connectivity index (χ1n) is 7.52. The molecule has 13 heteroatoms. The average Bonchev–Trinajstić information content (AvgIpc) is 2.48. The molecule has 0 saturated carbocycles. The molecule has 0 fully saturated rings. The van der Waals surface area contributed by atoms with E-state index >= 15 is 0 Å². The minimum Gasteiger partial charge on any atom is -0.484 e. The summed E-state index contributed by atoms with van der Waals surface area (Å²) in [6.07, 6.45) is -6.16. The lowest BCUT2D eigenvalue weighted by Gasteiger charge is -2.22. The van der Waals surface area contributed by atoms with Crippen LogP contribution in [0.4, 0.5) is 23.7 Å². The number of aliphatic carboxylic acids is 1. The van der Waals surface area contributed by atoms with Gasteiger partial charge in [-0.3, -0.25) is 10.1 Å². The number of nitro groups is 1. The number of benzene rings is 1. The summed E-state index contributed by atoms with van der Waals surface area (Å²) in [6.45, 7) is 3.53. The van der Waals surface area contributed by atoms with Gasteiger partial charge < -0.3 is 19.9 Å². The molecule has 0 radical (unpaired) electrons. The molecule has 0 bridgehead atoms. The fourth-order valence-corrected chi connectivity index (χ4v) is 2.31. The SMILES string of the molecule is CC(C)(C)OC(=O)NC(COc1c([N+](=O)[O-])cc(Br)cc1C(F)(F)F)C(=O)O. The minimum absolute atomic E-state index is 0.222. The number of carboxylic acids is 1. The highest BCUT2D eigenvalue weighted by Crippen LogP contribution is 2.43. The predicted octanol–water partition coefficient (Wildman–Crippen LogP) is 3.73. The number of alkyl carbamates (subject to hydrolysis) is 1. The number of ether oxygens (including phenoxy) is 2. The molecule has 1 aromatic carbocycles. The monoisotopic (exact) mass is 472 g/mol. The Morgan fingerprint density at radius 3 is 2.32 bits per heavy atom. The zero-order valence-corrected chi connectivity index (χ0v) is 16.4. The molecule has 0 aliphatic carbocycles. The molecule has 0 aromatic heterocycles. The Labute approximate surface area is 165 Å². The molecule has 9 nitrogen and oxygen atoms in total. The van der Waals surface area contributed by atoms with E-state index < -0.39 is 58.4 Å². The number of rotatable bonds is 6. The average molecular weight is 473 g/mol. The summed E-state index contributed by atoms with van der Waals surface area (Å²) in [4.78, 5) is 32.9. The first-order valence-corrected chi connectivity index (χ1v) is 8.31. The summed E-state index contributed by atoms with van der Waals surface area (Å²) in [5.41, 5.74) is -3.46. The van der Waals surface area contributed by atoms with Crippen LogP contribution in [-0.4, -0.2) is 40.3 Å². The van der Waals surface area contributed by atoms with Gasteiger partial charge in [0, 0.05) is 10.5 Å². The van der Waals surface area contributed by atoms with E-state index in [2.05, 4.69) is 15.9 Å².